The highest BCUT2D eigenvalue weighted by Gasteiger charge is 2.40. The smallest absolute Gasteiger partial charge is 0.0491 e. The molecule has 0 saturated heterocycles. The molecule has 1 heterocycles. The van der Waals surface area contributed by atoms with E-state index in [2.05, 4.69) is 54.0 Å². The number of hydrogen-bond donors (Lipinski definition) is 1. The van der Waals surface area contributed by atoms with Gasteiger partial charge in [0.15, 0.2) is 0 Å². The lowest BCUT2D eigenvalue weighted by atomic mass is 10.0. The number of para-hydroxylation sites is 1. The van der Waals surface area contributed by atoms with Crippen molar-refractivity contribution in [1.29, 1.82) is 0 Å². The van der Waals surface area contributed by atoms with Gasteiger partial charge in [-0.2, -0.15) is 0 Å². The van der Waals surface area contributed by atoms with Gasteiger partial charge in [-0.1, -0.05) is 24.3 Å². The number of benzene rings is 2. The van der Waals surface area contributed by atoms with Gasteiger partial charge in [-0.25, -0.2) is 0 Å². The Morgan fingerprint density at radius 1 is 1.05 bits per heavy atom. The summed E-state index contributed by atoms with van der Waals surface area (Å²) in [5, 5.41) is 2.68. The van der Waals surface area contributed by atoms with Crippen LogP contribution in [0.1, 0.15) is 25.3 Å². The van der Waals surface area contributed by atoms with E-state index in [1.165, 1.54) is 27.4 Å². The molecule has 2 N–H and O–H groups in total. The summed E-state index contributed by atoms with van der Waals surface area (Å²) in [5.41, 5.74) is 10.2. The van der Waals surface area contributed by atoms with Gasteiger partial charge in [-0.3, -0.25) is 0 Å². The average Bonchev–Trinajstić information content (AvgIpc) is 3.12. The molecule has 0 aliphatic heterocycles. The summed E-state index contributed by atoms with van der Waals surface area (Å²) < 4.78 is 2.38. The van der Waals surface area contributed by atoms with Crippen molar-refractivity contribution >= 4 is 21.8 Å². The van der Waals surface area contributed by atoms with Crippen molar-refractivity contribution in [2.45, 2.75) is 31.8 Å². The van der Waals surface area contributed by atoms with Crippen molar-refractivity contribution in [1.82, 2.24) is 4.57 Å². The summed E-state index contributed by atoms with van der Waals surface area (Å²) in [7, 11) is 0. The topological polar surface area (TPSA) is 30.9 Å². The molecule has 0 atom stereocenters. The molecular weight excluding hydrogens is 232 g/mol. The SMILES string of the molecule is CCn1c2ccccc2c2cc(C3(N)CC3)ccc21. The molecule has 0 radical (unpaired) electrons. The second-order valence-electron chi connectivity index (χ2n) is 5.65. The van der Waals surface area contributed by atoms with Crippen LogP contribution in [0.3, 0.4) is 0 Å². The van der Waals surface area contributed by atoms with Crippen LogP contribution in [0.5, 0.6) is 0 Å². The van der Waals surface area contributed by atoms with Gasteiger partial charge in [0.25, 0.3) is 0 Å². The molecule has 1 saturated carbocycles. The Balaban J connectivity index is 2.10. The average molecular weight is 250 g/mol. The Morgan fingerprint density at radius 2 is 1.79 bits per heavy atom. The van der Waals surface area contributed by atoms with Gasteiger partial charge >= 0.3 is 0 Å². The first-order valence-electron chi connectivity index (χ1n) is 7.03. The summed E-state index contributed by atoms with van der Waals surface area (Å²) in [4.78, 5) is 0. The van der Waals surface area contributed by atoms with E-state index < -0.39 is 0 Å². The van der Waals surface area contributed by atoms with Crippen LogP contribution in [-0.4, -0.2) is 4.57 Å². The zero-order valence-electron chi connectivity index (χ0n) is 11.2. The minimum absolute atomic E-state index is 0.0520. The predicted octanol–water partition coefficient (Wildman–Crippen LogP) is 3.76. The van der Waals surface area contributed by atoms with Crippen molar-refractivity contribution in [3.8, 4) is 0 Å². The van der Waals surface area contributed by atoms with E-state index >= 15 is 0 Å². The molecular formula is C17H18N2. The van der Waals surface area contributed by atoms with Gasteiger partial charge in [0, 0.05) is 33.9 Å². The van der Waals surface area contributed by atoms with Gasteiger partial charge in [-0.05, 0) is 43.5 Å². The first kappa shape index (κ1) is 11.1. The van der Waals surface area contributed by atoms with E-state index in [0.29, 0.717) is 0 Å². The van der Waals surface area contributed by atoms with E-state index in [1.54, 1.807) is 0 Å². The molecule has 1 aliphatic rings. The highest BCUT2D eigenvalue weighted by Crippen LogP contribution is 2.44. The summed E-state index contributed by atoms with van der Waals surface area (Å²) in [5.74, 6) is 0. The Morgan fingerprint density at radius 3 is 2.53 bits per heavy atom. The zero-order valence-corrected chi connectivity index (χ0v) is 11.2. The largest absolute Gasteiger partial charge is 0.341 e. The highest BCUT2D eigenvalue weighted by molar-refractivity contribution is 6.08. The molecule has 2 heteroatoms. The van der Waals surface area contributed by atoms with Crippen molar-refractivity contribution < 1.29 is 0 Å². The molecule has 1 fully saturated rings. The maximum absolute atomic E-state index is 6.34. The third-order valence-corrected chi connectivity index (χ3v) is 4.45. The predicted molar refractivity (Wildman–Crippen MR) is 80.2 cm³/mol. The number of nitrogens with two attached hydrogens (primary N) is 1. The summed E-state index contributed by atoms with van der Waals surface area (Å²) >= 11 is 0. The van der Waals surface area contributed by atoms with Gasteiger partial charge in [0.05, 0.1) is 0 Å². The van der Waals surface area contributed by atoms with Crippen LogP contribution >= 0.6 is 0 Å². The van der Waals surface area contributed by atoms with E-state index in [-0.39, 0.29) is 5.54 Å². The fraction of sp³-hybridized carbons (Fsp3) is 0.294. The van der Waals surface area contributed by atoms with Crippen LogP contribution in [-0.2, 0) is 12.1 Å². The Labute approximate surface area is 112 Å². The van der Waals surface area contributed by atoms with E-state index in [4.69, 9.17) is 5.73 Å². The highest BCUT2D eigenvalue weighted by atomic mass is 15.0. The van der Waals surface area contributed by atoms with Crippen molar-refractivity contribution in [2.24, 2.45) is 5.73 Å². The minimum atomic E-state index is -0.0520. The van der Waals surface area contributed by atoms with Gasteiger partial charge in [0.1, 0.15) is 0 Å². The van der Waals surface area contributed by atoms with Crippen LogP contribution in [0.4, 0.5) is 0 Å². The quantitative estimate of drug-likeness (QED) is 0.737. The molecule has 0 spiro atoms. The third-order valence-electron chi connectivity index (χ3n) is 4.45. The van der Waals surface area contributed by atoms with E-state index in [0.717, 1.165) is 19.4 Å². The molecule has 0 bridgehead atoms. The standard InChI is InChI=1S/C17H18N2/c1-2-19-15-6-4-3-5-13(15)14-11-12(7-8-16(14)19)17(18)9-10-17/h3-8,11H,2,9-10,18H2,1H3. The lowest BCUT2D eigenvalue weighted by molar-refractivity contribution is 0.741. The molecule has 0 unspecified atom stereocenters. The van der Waals surface area contributed by atoms with Crippen LogP contribution in [0.25, 0.3) is 21.8 Å². The lowest BCUT2D eigenvalue weighted by Crippen LogP contribution is -2.18. The monoisotopic (exact) mass is 250 g/mol. The first-order valence-corrected chi connectivity index (χ1v) is 7.03. The van der Waals surface area contributed by atoms with Crippen LogP contribution in [0.2, 0.25) is 0 Å². The molecule has 2 nitrogen and oxygen atoms in total. The van der Waals surface area contributed by atoms with E-state index in [9.17, 15) is 0 Å². The Hall–Kier alpha value is -1.80. The second-order valence-corrected chi connectivity index (χ2v) is 5.65. The van der Waals surface area contributed by atoms with Crippen LogP contribution < -0.4 is 5.73 Å². The molecule has 1 aromatic heterocycles. The number of nitrogens with zero attached hydrogens (tertiary/aromatic N) is 1. The number of aromatic nitrogens is 1. The maximum Gasteiger partial charge on any atom is 0.0491 e. The van der Waals surface area contributed by atoms with Crippen molar-refractivity contribution in [3.05, 3.63) is 48.0 Å². The van der Waals surface area contributed by atoms with Gasteiger partial charge in [-0.15, -0.1) is 0 Å². The molecule has 0 amide bonds. The fourth-order valence-corrected chi connectivity index (χ4v) is 3.13. The second kappa shape index (κ2) is 3.61. The number of fused-ring (bicyclic) bond motifs is 3. The molecule has 1 aliphatic carbocycles. The normalized spacial score (nSPS) is 17.2. The number of aryl methyl sites for hydroxylation is 1. The van der Waals surface area contributed by atoms with E-state index in [1.807, 2.05) is 0 Å². The zero-order chi connectivity index (χ0) is 13.0. The molecule has 19 heavy (non-hydrogen) atoms. The summed E-state index contributed by atoms with van der Waals surface area (Å²) in [6.45, 7) is 3.20. The molecule has 96 valence electrons. The molecule has 4 rings (SSSR count). The fourth-order valence-electron chi connectivity index (χ4n) is 3.13. The molecule has 2 aromatic carbocycles. The minimum Gasteiger partial charge on any atom is -0.341 e. The molecule has 3 aromatic rings. The number of hydrogen-bond acceptors (Lipinski definition) is 1. The van der Waals surface area contributed by atoms with Crippen molar-refractivity contribution in [3.63, 3.8) is 0 Å². The number of rotatable bonds is 2. The maximum atomic E-state index is 6.34. The lowest BCUT2D eigenvalue weighted by Gasteiger charge is -2.09. The van der Waals surface area contributed by atoms with Gasteiger partial charge < -0.3 is 10.3 Å². The van der Waals surface area contributed by atoms with Crippen LogP contribution in [0, 0.1) is 0 Å². The Kier molecular flexibility index (Phi) is 2.10. The van der Waals surface area contributed by atoms with Crippen molar-refractivity contribution in [2.75, 3.05) is 0 Å². The van der Waals surface area contributed by atoms with Gasteiger partial charge in [0.2, 0.25) is 0 Å². The Bertz CT molecular complexity index is 778. The van der Waals surface area contributed by atoms with Crippen LogP contribution in [0.15, 0.2) is 42.5 Å². The summed E-state index contributed by atoms with van der Waals surface area (Å²) in [6, 6.07) is 15.4. The first-order chi connectivity index (χ1) is 9.23. The summed E-state index contributed by atoms with van der Waals surface area (Å²) in [6.07, 6.45) is 2.23. The third kappa shape index (κ3) is 1.47.